The SMILES string of the molecule is Fc1cc2ccc(-c3ccc(-c4ccccc4)cn3)nc2cc1F. The Morgan fingerprint density at radius 1 is 0.667 bits per heavy atom. The first-order valence-corrected chi connectivity index (χ1v) is 7.48. The minimum Gasteiger partial charge on any atom is -0.254 e. The summed E-state index contributed by atoms with van der Waals surface area (Å²) in [6.07, 6.45) is 1.78. The van der Waals surface area contributed by atoms with Crippen molar-refractivity contribution >= 4 is 10.9 Å². The van der Waals surface area contributed by atoms with Crippen LogP contribution in [0, 0.1) is 11.6 Å². The third kappa shape index (κ3) is 2.63. The second-order valence-corrected chi connectivity index (χ2v) is 5.45. The molecule has 4 rings (SSSR count). The molecule has 4 heteroatoms. The van der Waals surface area contributed by atoms with Crippen LogP contribution in [-0.2, 0) is 0 Å². The summed E-state index contributed by atoms with van der Waals surface area (Å²) in [4.78, 5) is 8.82. The zero-order valence-electron chi connectivity index (χ0n) is 12.6. The first-order valence-electron chi connectivity index (χ1n) is 7.48. The number of pyridine rings is 2. The highest BCUT2D eigenvalue weighted by Crippen LogP contribution is 2.24. The molecule has 0 fully saturated rings. The molecule has 2 aromatic carbocycles. The Hall–Kier alpha value is -3.14. The van der Waals surface area contributed by atoms with Gasteiger partial charge < -0.3 is 0 Å². The average Bonchev–Trinajstić information content (AvgIpc) is 2.63. The lowest BCUT2D eigenvalue weighted by molar-refractivity contribution is 0.510. The van der Waals surface area contributed by atoms with Crippen molar-refractivity contribution in [2.75, 3.05) is 0 Å². The molecule has 2 nitrogen and oxygen atoms in total. The summed E-state index contributed by atoms with van der Waals surface area (Å²) in [6, 6.07) is 19.5. The van der Waals surface area contributed by atoms with Gasteiger partial charge in [0.2, 0.25) is 0 Å². The quantitative estimate of drug-likeness (QED) is 0.505. The van der Waals surface area contributed by atoms with Crippen molar-refractivity contribution in [1.82, 2.24) is 9.97 Å². The second kappa shape index (κ2) is 5.81. The molecule has 0 saturated heterocycles. The Kier molecular flexibility index (Phi) is 3.50. The lowest BCUT2D eigenvalue weighted by atomic mass is 10.1. The van der Waals surface area contributed by atoms with Gasteiger partial charge in [-0.05, 0) is 23.8 Å². The van der Waals surface area contributed by atoms with Gasteiger partial charge in [-0.25, -0.2) is 13.8 Å². The summed E-state index contributed by atoms with van der Waals surface area (Å²) in [5.74, 6) is -1.78. The first kappa shape index (κ1) is 14.5. The number of hydrogen-bond acceptors (Lipinski definition) is 2. The predicted octanol–water partition coefficient (Wildman–Crippen LogP) is 5.24. The summed E-state index contributed by atoms with van der Waals surface area (Å²) in [5.41, 5.74) is 3.79. The van der Waals surface area contributed by atoms with Crippen molar-refractivity contribution in [2.45, 2.75) is 0 Å². The molecular formula is C20H12F2N2. The Morgan fingerprint density at radius 3 is 2.17 bits per heavy atom. The van der Waals surface area contributed by atoms with Gasteiger partial charge in [-0.1, -0.05) is 42.5 Å². The van der Waals surface area contributed by atoms with Crippen molar-refractivity contribution < 1.29 is 8.78 Å². The number of benzene rings is 2. The van der Waals surface area contributed by atoms with E-state index in [0.29, 0.717) is 22.3 Å². The molecule has 0 saturated carbocycles. The monoisotopic (exact) mass is 318 g/mol. The van der Waals surface area contributed by atoms with E-state index in [1.807, 2.05) is 42.5 Å². The minimum absolute atomic E-state index is 0.403. The lowest BCUT2D eigenvalue weighted by Crippen LogP contribution is -1.91. The van der Waals surface area contributed by atoms with Crippen molar-refractivity contribution in [3.05, 3.63) is 84.6 Å². The van der Waals surface area contributed by atoms with E-state index >= 15 is 0 Å². The molecule has 0 spiro atoms. The van der Waals surface area contributed by atoms with Crippen LogP contribution in [0.4, 0.5) is 8.78 Å². The Morgan fingerprint density at radius 2 is 1.42 bits per heavy atom. The molecule has 4 aromatic rings. The highest BCUT2D eigenvalue weighted by molar-refractivity contribution is 5.81. The van der Waals surface area contributed by atoms with Gasteiger partial charge >= 0.3 is 0 Å². The van der Waals surface area contributed by atoms with Crippen molar-refractivity contribution in [3.8, 4) is 22.5 Å². The van der Waals surface area contributed by atoms with E-state index in [4.69, 9.17) is 0 Å². The van der Waals surface area contributed by atoms with Gasteiger partial charge in [0.05, 0.1) is 16.9 Å². The van der Waals surface area contributed by atoms with E-state index < -0.39 is 11.6 Å². The number of aromatic nitrogens is 2. The van der Waals surface area contributed by atoms with E-state index in [0.717, 1.165) is 23.3 Å². The third-order valence-corrected chi connectivity index (χ3v) is 3.86. The zero-order chi connectivity index (χ0) is 16.5. The maximum atomic E-state index is 13.4. The topological polar surface area (TPSA) is 25.8 Å². The second-order valence-electron chi connectivity index (χ2n) is 5.45. The highest BCUT2D eigenvalue weighted by Gasteiger charge is 2.08. The average molecular weight is 318 g/mol. The van der Waals surface area contributed by atoms with Crippen LogP contribution in [0.5, 0.6) is 0 Å². The van der Waals surface area contributed by atoms with Crippen molar-refractivity contribution in [3.63, 3.8) is 0 Å². The molecule has 0 bridgehead atoms. The van der Waals surface area contributed by atoms with Crippen LogP contribution >= 0.6 is 0 Å². The largest absolute Gasteiger partial charge is 0.254 e. The van der Waals surface area contributed by atoms with Gasteiger partial charge in [0, 0.05) is 23.2 Å². The lowest BCUT2D eigenvalue weighted by Gasteiger charge is -2.05. The minimum atomic E-state index is -0.903. The molecule has 0 aliphatic heterocycles. The van der Waals surface area contributed by atoms with Gasteiger partial charge in [0.1, 0.15) is 0 Å². The summed E-state index contributed by atoms with van der Waals surface area (Å²) in [5, 5.41) is 0.554. The molecule has 0 aliphatic rings. The maximum Gasteiger partial charge on any atom is 0.161 e. The zero-order valence-corrected chi connectivity index (χ0v) is 12.6. The molecular weight excluding hydrogens is 306 g/mol. The summed E-state index contributed by atoms with van der Waals surface area (Å²) < 4.78 is 26.7. The molecule has 2 heterocycles. The van der Waals surface area contributed by atoms with E-state index in [1.54, 1.807) is 18.3 Å². The van der Waals surface area contributed by atoms with Gasteiger partial charge in [-0.2, -0.15) is 0 Å². The Labute approximate surface area is 137 Å². The van der Waals surface area contributed by atoms with Crippen LogP contribution in [0.2, 0.25) is 0 Å². The van der Waals surface area contributed by atoms with Gasteiger partial charge in [0.15, 0.2) is 11.6 Å². The fourth-order valence-electron chi connectivity index (χ4n) is 2.61. The van der Waals surface area contributed by atoms with E-state index in [9.17, 15) is 8.78 Å². The maximum absolute atomic E-state index is 13.4. The highest BCUT2D eigenvalue weighted by atomic mass is 19.2. The fourth-order valence-corrected chi connectivity index (χ4v) is 2.61. The van der Waals surface area contributed by atoms with Gasteiger partial charge in [0.25, 0.3) is 0 Å². The molecule has 0 unspecified atom stereocenters. The standard InChI is InChI=1S/C20H12F2N2/c21-16-10-14-6-9-19(24-20(14)11-17(16)22)18-8-7-15(12-23-18)13-4-2-1-3-5-13/h1-12H. The Bertz CT molecular complexity index is 1010. The smallest absolute Gasteiger partial charge is 0.161 e. The molecule has 0 amide bonds. The molecule has 116 valence electrons. The van der Waals surface area contributed by atoms with E-state index in [2.05, 4.69) is 9.97 Å². The number of rotatable bonds is 2. The predicted molar refractivity (Wildman–Crippen MR) is 90.3 cm³/mol. The Balaban J connectivity index is 1.73. The van der Waals surface area contributed by atoms with Crippen molar-refractivity contribution in [1.29, 1.82) is 0 Å². The van der Waals surface area contributed by atoms with Crippen LogP contribution in [0.1, 0.15) is 0 Å². The molecule has 0 atom stereocenters. The number of fused-ring (bicyclic) bond motifs is 1. The van der Waals surface area contributed by atoms with Crippen LogP contribution in [-0.4, -0.2) is 9.97 Å². The third-order valence-electron chi connectivity index (χ3n) is 3.86. The first-order chi connectivity index (χ1) is 11.7. The number of halogens is 2. The van der Waals surface area contributed by atoms with Crippen LogP contribution in [0.15, 0.2) is 72.9 Å². The summed E-state index contributed by atoms with van der Waals surface area (Å²) in [6.45, 7) is 0. The summed E-state index contributed by atoms with van der Waals surface area (Å²) in [7, 11) is 0. The normalized spacial score (nSPS) is 10.9. The van der Waals surface area contributed by atoms with E-state index in [1.165, 1.54) is 0 Å². The molecule has 2 aromatic heterocycles. The molecule has 0 radical (unpaired) electrons. The molecule has 0 N–H and O–H groups in total. The van der Waals surface area contributed by atoms with Crippen LogP contribution in [0.3, 0.4) is 0 Å². The fraction of sp³-hybridized carbons (Fsp3) is 0. The van der Waals surface area contributed by atoms with E-state index in [-0.39, 0.29) is 0 Å². The van der Waals surface area contributed by atoms with Gasteiger partial charge in [-0.15, -0.1) is 0 Å². The van der Waals surface area contributed by atoms with Crippen LogP contribution in [0.25, 0.3) is 33.4 Å². The molecule has 0 aliphatic carbocycles. The van der Waals surface area contributed by atoms with Crippen molar-refractivity contribution in [2.24, 2.45) is 0 Å². The van der Waals surface area contributed by atoms with Crippen LogP contribution < -0.4 is 0 Å². The number of hydrogen-bond donors (Lipinski definition) is 0. The summed E-state index contributed by atoms with van der Waals surface area (Å²) >= 11 is 0. The molecule has 24 heavy (non-hydrogen) atoms. The number of nitrogens with zero attached hydrogens (tertiary/aromatic N) is 2. The van der Waals surface area contributed by atoms with Gasteiger partial charge in [-0.3, -0.25) is 4.98 Å².